The quantitative estimate of drug-likeness (QED) is 0.0688. The van der Waals surface area contributed by atoms with Gasteiger partial charge in [0.25, 0.3) is 0 Å². The van der Waals surface area contributed by atoms with E-state index in [1.807, 2.05) is 12.2 Å². The summed E-state index contributed by atoms with van der Waals surface area (Å²) in [6.45, 7) is 0.637. The van der Waals surface area contributed by atoms with E-state index in [1.54, 1.807) is 12.2 Å². The van der Waals surface area contributed by atoms with Crippen molar-refractivity contribution in [3.63, 3.8) is 0 Å². The molecule has 6 nitrogen and oxygen atoms in total. The van der Waals surface area contributed by atoms with Gasteiger partial charge in [0.1, 0.15) is 0 Å². The van der Waals surface area contributed by atoms with E-state index in [4.69, 9.17) is 10.2 Å². The smallest absolute Gasteiger partial charge is 0.243 e. The molecule has 226 valence electrons. The Morgan fingerprint density at radius 3 is 1.15 bits per heavy atom. The first-order chi connectivity index (χ1) is 19.2. The number of carbonyl (C=O) groups excluding carboxylic acids is 2. The topological polar surface area (TPSA) is 98.7 Å². The lowest BCUT2D eigenvalue weighted by Crippen LogP contribution is -2.36. The number of aliphatic hydroxyl groups excluding tert-OH is 2. The molecule has 1 fully saturated rings. The fourth-order valence-electron chi connectivity index (χ4n) is 5.35. The van der Waals surface area contributed by atoms with Gasteiger partial charge >= 0.3 is 0 Å². The van der Waals surface area contributed by atoms with Crippen LogP contribution in [0.2, 0.25) is 0 Å². The number of carbonyl (C=O) groups is 2. The molecule has 39 heavy (non-hydrogen) atoms. The first-order valence-electron chi connectivity index (χ1n) is 16.3. The Bertz CT molecular complexity index is 596. The summed E-state index contributed by atoms with van der Waals surface area (Å²) in [5, 5.41) is 23.7. The Balaban J connectivity index is 1.97. The van der Waals surface area contributed by atoms with Crippen molar-refractivity contribution in [3.8, 4) is 0 Å². The highest BCUT2D eigenvalue weighted by atomic mass is 16.3. The highest BCUT2D eigenvalue weighted by molar-refractivity contribution is 5.88. The van der Waals surface area contributed by atoms with Crippen molar-refractivity contribution in [2.24, 2.45) is 0 Å². The average molecular weight is 549 g/mol. The van der Waals surface area contributed by atoms with Gasteiger partial charge in [0.15, 0.2) is 0 Å². The van der Waals surface area contributed by atoms with E-state index in [1.165, 1.54) is 77.0 Å². The van der Waals surface area contributed by atoms with Crippen LogP contribution in [0.5, 0.6) is 0 Å². The molecule has 2 amide bonds. The van der Waals surface area contributed by atoms with Crippen molar-refractivity contribution in [3.05, 3.63) is 24.3 Å². The largest absolute Gasteiger partial charge is 0.396 e. The molecule has 0 spiro atoms. The molecule has 2 atom stereocenters. The minimum absolute atomic E-state index is 0.0172. The maximum atomic E-state index is 12.2. The SMILES string of the molecule is O=C(/C=C/CCCCCCCCCCCO)N[C@@H]1CC[C@H](NC(=O)/C=C/CCCCCCCCCCCO)C1. The Hall–Kier alpha value is -1.66. The molecule has 1 aliphatic carbocycles. The van der Waals surface area contributed by atoms with E-state index in [9.17, 15) is 9.59 Å². The molecule has 0 aliphatic heterocycles. The molecule has 0 aromatic carbocycles. The van der Waals surface area contributed by atoms with Crippen molar-refractivity contribution < 1.29 is 19.8 Å². The predicted octanol–water partition coefficient (Wildman–Crippen LogP) is 7.04. The summed E-state index contributed by atoms with van der Waals surface area (Å²) >= 11 is 0. The zero-order chi connectivity index (χ0) is 28.2. The maximum Gasteiger partial charge on any atom is 0.243 e. The van der Waals surface area contributed by atoms with Gasteiger partial charge in [0.05, 0.1) is 0 Å². The molecule has 0 saturated heterocycles. The highest BCUT2D eigenvalue weighted by Crippen LogP contribution is 2.19. The van der Waals surface area contributed by atoms with Crippen molar-refractivity contribution >= 4 is 11.8 Å². The van der Waals surface area contributed by atoms with Gasteiger partial charge in [-0.15, -0.1) is 0 Å². The Labute approximate surface area is 239 Å². The third kappa shape index (κ3) is 22.8. The van der Waals surface area contributed by atoms with Crippen molar-refractivity contribution in [1.29, 1.82) is 0 Å². The molecule has 0 bridgehead atoms. The second kappa shape index (κ2) is 26.6. The average Bonchev–Trinajstić information content (AvgIpc) is 3.36. The summed E-state index contributed by atoms with van der Waals surface area (Å²) in [5.41, 5.74) is 0. The van der Waals surface area contributed by atoms with E-state index in [2.05, 4.69) is 10.6 Å². The zero-order valence-electron chi connectivity index (χ0n) is 24.9. The van der Waals surface area contributed by atoms with Crippen LogP contribution in [0.25, 0.3) is 0 Å². The van der Waals surface area contributed by atoms with Crippen LogP contribution in [0.1, 0.15) is 148 Å². The molecule has 0 radical (unpaired) electrons. The van der Waals surface area contributed by atoms with Crippen LogP contribution in [0, 0.1) is 0 Å². The first-order valence-corrected chi connectivity index (χ1v) is 16.3. The highest BCUT2D eigenvalue weighted by Gasteiger charge is 2.26. The molecule has 0 heterocycles. The molecule has 1 rings (SSSR count). The fraction of sp³-hybridized carbons (Fsp3) is 0.818. The van der Waals surface area contributed by atoms with E-state index in [0.717, 1.165) is 70.6 Å². The molecule has 1 saturated carbocycles. The van der Waals surface area contributed by atoms with Crippen LogP contribution in [0.4, 0.5) is 0 Å². The summed E-state index contributed by atoms with van der Waals surface area (Å²) in [5.74, 6) is -0.0344. The number of hydrogen-bond acceptors (Lipinski definition) is 4. The van der Waals surface area contributed by atoms with E-state index >= 15 is 0 Å². The van der Waals surface area contributed by atoms with Gasteiger partial charge in [-0.05, 0) is 69.9 Å². The number of unbranched alkanes of at least 4 members (excludes halogenated alkanes) is 18. The van der Waals surface area contributed by atoms with Crippen molar-refractivity contribution in [2.75, 3.05) is 13.2 Å². The lowest BCUT2D eigenvalue weighted by atomic mass is 10.1. The molecule has 0 aromatic heterocycles. The fourth-order valence-corrected chi connectivity index (χ4v) is 5.35. The van der Waals surface area contributed by atoms with Crippen LogP contribution in [0.15, 0.2) is 24.3 Å². The number of hydrogen-bond donors (Lipinski definition) is 4. The molecule has 0 unspecified atom stereocenters. The number of nitrogens with one attached hydrogen (secondary N) is 2. The number of rotatable bonds is 26. The lowest BCUT2D eigenvalue weighted by Gasteiger charge is -2.13. The second-order valence-electron chi connectivity index (χ2n) is 11.4. The summed E-state index contributed by atoms with van der Waals surface area (Å²) < 4.78 is 0. The second-order valence-corrected chi connectivity index (χ2v) is 11.4. The van der Waals surface area contributed by atoms with Crippen LogP contribution >= 0.6 is 0 Å². The van der Waals surface area contributed by atoms with Gasteiger partial charge in [-0.2, -0.15) is 0 Å². The summed E-state index contributed by atoms with van der Waals surface area (Å²) in [6.07, 6.45) is 33.4. The third-order valence-electron chi connectivity index (χ3n) is 7.72. The molecule has 6 heteroatoms. The molecular weight excluding hydrogens is 488 g/mol. The van der Waals surface area contributed by atoms with E-state index in [-0.39, 0.29) is 23.9 Å². The van der Waals surface area contributed by atoms with E-state index in [0.29, 0.717) is 13.2 Å². The van der Waals surface area contributed by atoms with Gasteiger partial charge in [0.2, 0.25) is 11.8 Å². The van der Waals surface area contributed by atoms with Gasteiger partial charge in [0, 0.05) is 25.3 Å². The minimum Gasteiger partial charge on any atom is -0.396 e. The van der Waals surface area contributed by atoms with E-state index < -0.39 is 0 Å². The normalized spacial score (nSPS) is 17.4. The molecule has 0 aromatic rings. The third-order valence-corrected chi connectivity index (χ3v) is 7.72. The number of aliphatic hydroxyl groups is 2. The van der Waals surface area contributed by atoms with Gasteiger partial charge in [-0.25, -0.2) is 0 Å². The Morgan fingerprint density at radius 1 is 0.513 bits per heavy atom. The zero-order valence-corrected chi connectivity index (χ0v) is 24.9. The maximum absolute atomic E-state index is 12.2. The standard InChI is InChI=1S/C33H60N2O4/c36-27-21-17-13-9-5-1-3-7-11-15-19-23-32(38)34-30-25-26-31(29-30)35-33(39)24-20-16-12-8-4-2-6-10-14-18-22-28-37/h19-20,23-24,30-31,36-37H,1-18,21-22,25-29H2,(H,34,38)(H,35,39)/b23-19+,24-20+/t30-,31+. The monoisotopic (exact) mass is 548 g/mol. The van der Waals surface area contributed by atoms with Crippen LogP contribution < -0.4 is 10.6 Å². The summed E-state index contributed by atoms with van der Waals surface area (Å²) in [6, 6.07) is 0.284. The summed E-state index contributed by atoms with van der Waals surface area (Å²) in [7, 11) is 0. The molecule has 1 aliphatic rings. The van der Waals surface area contributed by atoms with Crippen molar-refractivity contribution in [2.45, 2.75) is 160 Å². The van der Waals surface area contributed by atoms with Crippen LogP contribution in [-0.4, -0.2) is 47.3 Å². The minimum atomic E-state index is -0.0172. The summed E-state index contributed by atoms with van der Waals surface area (Å²) in [4.78, 5) is 24.5. The Kier molecular flexibility index (Phi) is 24.1. The molecule has 4 N–H and O–H groups in total. The van der Waals surface area contributed by atoms with Gasteiger partial charge < -0.3 is 20.8 Å². The Morgan fingerprint density at radius 2 is 0.821 bits per heavy atom. The van der Waals surface area contributed by atoms with Gasteiger partial charge in [-0.3, -0.25) is 9.59 Å². The van der Waals surface area contributed by atoms with Crippen LogP contribution in [-0.2, 0) is 9.59 Å². The van der Waals surface area contributed by atoms with Crippen LogP contribution in [0.3, 0.4) is 0 Å². The lowest BCUT2D eigenvalue weighted by molar-refractivity contribution is -0.117. The number of amides is 2. The van der Waals surface area contributed by atoms with Crippen molar-refractivity contribution in [1.82, 2.24) is 10.6 Å². The number of allylic oxidation sites excluding steroid dienone is 2. The first kappa shape index (κ1) is 35.4. The predicted molar refractivity (Wildman–Crippen MR) is 163 cm³/mol. The van der Waals surface area contributed by atoms with Gasteiger partial charge in [-0.1, -0.05) is 102 Å². The molecular formula is C33H60N2O4.